The minimum atomic E-state index is -1.01. The molecular formula is C23H28F2O3. The molecule has 152 valence electrons. The minimum absolute atomic E-state index is 0.0608. The van der Waals surface area contributed by atoms with Crippen LogP contribution in [-0.2, 0) is 15.9 Å². The topological polar surface area (TPSA) is 27.7 Å². The molecule has 0 radical (unpaired) electrons. The van der Waals surface area contributed by atoms with E-state index in [1.54, 1.807) is 6.92 Å². The van der Waals surface area contributed by atoms with Crippen LogP contribution in [0, 0.1) is 11.6 Å². The fourth-order valence-electron chi connectivity index (χ4n) is 3.41. The van der Waals surface area contributed by atoms with Gasteiger partial charge in [0.2, 0.25) is 5.82 Å². The highest BCUT2D eigenvalue weighted by molar-refractivity contribution is 5.32. The molecule has 0 spiro atoms. The van der Waals surface area contributed by atoms with Crippen molar-refractivity contribution in [1.29, 1.82) is 0 Å². The first-order valence-corrected chi connectivity index (χ1v) is 10.1. The second-order valence-electron chi connectivity index (χ2n) is 7.11. The van der Waals surface area contributed by atoms with E-state index in [1.807, 2.05) is 0 Å². The van der Waals surface area contributed by atoms with E-state index < -0.39 is 17.9 Å². The van der Waals surface area contributed by atoms with Crippen molar-refractivity contribution < 1.29 is 23.0 Å². The first-order chi connectivity index (χ1) is 13.6. The predicted octanol–water partition coefficient (Wildman–Crippen LogP) is 5.93. The Morgan fingerprint density at radius 2 is 1.64 bits per heavy atom. The van der Waals surface area contributed by atoms with Crippen molar-refractivity contribution in [3.8, 4) is 5.75 Å². The first kappa shape index (κ1) is 20.7. The Morgan fingerprint density at radius 1 is 0.929 bits per heavy atom. The van der Waals surface area contributed by atoms with Crippen LogP contribution in [0.5, 0.6) is 5.75 Å². The molecule has 1 aliphatic rings. The Bertz CT molecular complexity index is 753. The van der Waals surface area contributed by atoms with Gasteiger partial charge in [-0.15, -0.1) is 0 Å². The van der Waals surface area contributed by atoms with Crippen molar-refractivity contribution in [3.63, 3.8) is 0 Å². The lowest BCUT2D eigenvalue weighted by atomic mass is 9.97. The van der Waals surface area contributed by atoms with E-state index >= 15 is 0 Å². The van der Waals surface area contributed by atoms with Gasteiger partial charge < -0.3 is 14.2 Å². The number of hydrogen-bond donors (Lipinski definition) is 0. The van der Waals surface area contributed by atoms with Crippen LogP contribution in [0.2, 0.25) is 0 Å². The van der Waals surface area contributed by atoms with Gasteiger partial charge >= 0.3 is 0 Å². The zero-order chi connectivity index (χ0) is 19.9. The van der Waals surface area contributed by atoms with E-state index in [9.17, 15) is 8.78 Å². The van der Waals surface area contributed by atoms with Gasteiger partial charge in [0.05, 0.1) is 19.8 Å². The molecule has 28 heavy (non-hydrogen) atoms. The summed E-state index contributed by atoms with van der Waals surface area (Å²) in [6, 6.07) is 11.4. The fourth-order valence-corrected chi connectivity index (χ4v) is 3.41. The lowest BCUT2D eigenvalue weighted by Crippen LogP contribution is -2.26. The largest absolute Gasteiger partial charge is 0.491 e. The molecule has 1 aliphatic heterocycles. The summed E-state index contributed by atoms with van der Waals surface area (Å²) in [5.74, 6) is -2.01. The van der Waals surface area contributed by atoms with Crippen LogP contribution in [0.1, 0.15) is 62.0 Å². The second-order valence-corrected chi connectivity index (χ2v) is 7.11. The zero-order valence-electron chi connectivity index (χ0n) is 16.5. The first-order valence-electron chi connectivity index (χ1n) is 10.1. The van der Waals surface area contributed by atoms with Crippen LogP contribution in [0.15, 0.2) is 36.4 Å². The van der Waals surface area contributed by atoms with Crippen molar-refractivity contribution in [1.82, 2.24) is 0 Å². The van der Waals surface area contributed by atoms with Gasteiger partial charge in [0.1, 0.15) is 0 Å². The van der Waals surface area contributed by atoms with Crippen LogP contribution < -0.4 is 4.74 Å². The Kier molecular flexibility index (Phi) is 7.40. The van der Waals surface area contributed by atoms with Gasteiger partial charge in [0.25, 0.3) is 0 Å². The smallest absolute Gasteiger partial charge is 0.201 e. The molecule has 0 amide bonds. The van der Waals surface area contributed by atoms with Gasteiger partial charge in [-0.3, -0.25) is 0 Å². The van der Waals surface area contributed by atoms with Crippen molar-refractivity contribution >= 4 is 0 Å². The summed E-state index contributed by atoms with van der Waals surface area (Å²) in [5, 5.41) is 0. The maximum atomic E-state index is 14.3. The van der Waals surface area contributed by atoms with Crippen molar-refractivity contribution in [2.45, 2.75) is 51.7 Å². The highest BCUT2D eigenvalue weighted by atomic mass is 19.2. The highest BCUT2D eigenvalue weighted by Crippen LogP contribution is 2.34. The molecular weight excluding hydrogens is 362 g/mol. The van der Waals surface area contributed by atoms with Crippen molar-refractivity contribution in [2.24, 2.45) is 0 Å². The van der Waals surface area contributed by atoms with Gasteiger partial charge in [-0.05, 0) is 43.0 Å². The molecule has 2 aromatic rings. The summed E-state index contributed by atoms with van der Waals surface area (Å²) in [6.45, 7) is 4.98. The molecule has 0 bridgehead atoms. The molecule has 0 N–H and O–H groups in total. The maximum absolute atomic E-state index is 14.3. The normalized spacial score (nSPS) is 19.6. The second kappa shape index (κ2) is 9.99. The van der Waals surface area contributed by atoms with E-state index in [2.05, 4.69) is 31.2 Å². The lowest BCUT2D eigenvalue weighted by Gasteiger charge is -2.30. The van der Waals surface area contributed by atoms with Gasteiger partial charge in [-0.2, -0.15) is 4.39 Å². The monoisotopic (exact) mass is 390 g/mol. The molecule has 2 aromatic carbocycles. The van der Waals surface area contributed by atoms with E-state index in [-0.39, 0.29) is 23.8 Å². The molecule has 5 heteroatoms. The minimum Gasteiger partial charge on any atom is -0.491 e. The quantitative estimate of drug-likeness (QED) is 0.523. The predicted molar refractivity (Wildman–Crippen MR) is 105 cm³/mol. The third kappa shape index (κ3) is 4.89. The van der Waals surface area contributed by atoms with Crippen LogP contribution in [-0.4, -0.2) is 19.8 Å². The Labute approximate surface area is 165 Å². The molecule has 0 aromatic heterocycles. The Morgan fingerprint density at radius 3 is 2.29 bits per heavy atom. The van der Waals surface area contributed by atoms with Crippen LogP contribution >= 0.6 is 0 Å². The number of hydrogen-bond acceptors (Lipinski definition) is 3. The summed E-state index contributed by atoms with van der Waals surface area (Å²) in [5.41, 5.74) is 2.53. The molecule has 1 fully saturated rings. The third-order valence-corrected chi connectivity index (χ3v) is 5.05. The van der Waals surface area contributed by atoms with Crippen molar-refractivity contribution in [2.75, 3.05) is 19.8 Å². The van der Waals surface area contributed by atoms with Gasteiger partial charge in [-0.1, -0.05) is 44.0 Å². The molecule has 1 heterocycles. The standard InChI is InChI=1S/C23H28F2O3/c1-3-5-6-7-16-8-10-17(11-9-16)18-14-27-23(28-15-18)19-12-13-20(26-4-2)22(25)21(19)24/h8-13,18,23H,3-7,14-15H2,1-2H3. The van der Waals surface area contributed by atoms with E-state index in [0.29, 0.717) is 13.2 Å². The van der Waals surface area contributed by atoms with E-state index in [1.165, 1.54) is 37.0 Å². The van der Waals surface area contributed by atoms with Crippen LogP contribution in [0.3, 0.4) is 0 Å². The Hall–Kier alpha value is -1.98. The maximum Gasteiger partial charge on any atom is 0.201 e. The number of halogens is 2. The average molecular weight is 390 g/mol. The zero-order valence-corrected chi connectivity index (χ0v) is 16.5. The number of ether oxygens (including phenoxy) is 3. The van der Waals surface area contributed by atoms with Crippen LogP contribution in [0.4, 0.5) is 8.78 Å². The van der Waals surface area contributed by atoms with Gasteiger partial charge in [0, 0.05) is 11.5 Å². The van der Waals surface area contributed by atoms with Gasteiger partial charge in [-0.25, -0.2) is 4.39 Å². The Balaban J connectivity index is 1.59. The average Bonchev–Trinajstić information content (AvgIpc) is 2.73. The van der Waals surface area contributed by atoms with Crippen molar-refractivity contribution in [3.05, 3.63) is 64.7 Å². The molecule has 0 unspecified atom stereocenters. The van der Waals surface area contributed by atoms with Gasteiger partial charge in [0.15, 0.2) is 17.9 Å². The molecule has 0 saturated carbocycles. The number of aryl methyl sites for hydroxylation is 1. The highest BCUT2D eigenvalue weighted by Gasteiger charge is 2.28. The third-order valence-electron chi connectivity index (χ3n) is 5.05. The summed E-state index contributed by atoms with van der Waals surface area (Å²) < 4.78 is 44.9. The fraction of sp³-hybridized carbons (Fsp3) is 0.478. The molecule has 1 saturated heterocycles. The summed E-state index contributed by atoms with van der Waals surface area (Å²) in [4.78, 5) is 0. The van der Waals surface area contributed by atoms with Crippen LogP contribution in [0.25, 0.3) is 0 Å². The summed E-state index contributed by atoms with van der Waals surface area (Å²) in [6.07, 6.45) is 3.86. The van der Waals surface area contributed by atoms with E-state index in [4.69, 9.17) is 14.2 Å². The summed E-state index contributed by atoms with van der Waals surface area (Å²) >= 11 is 0. The number of benzene rings is 2. The lowest BCUT2D eigenvalue weighted by molar-refractivity contribution is -0.193. The molecule has 0 aliphatic carbocycles. The SMILES string of the molecule is CCCCCc1ccc(C2COC(c3ccc(OCC)c(F)c3F)OC2)cc1. The molecule has 0 atom stereocenters. The van der Waals surface area contributed by atoms with E-state index in [0.717, 1.165) is 12.0 Å². The number of rotatable bonds is 8. The molecule has 3 rings (SSSR count). The number of unbranched alkanes of at least 4 members (excludes halogenated alkanes) is 2. The molecule has 3 nitrogen and oxygen atoms in total. The summed E-state index contributed by atoms with van der Waals surface area (Å²) in [7, 11) is 0.